The molecule has 2 aromatic carbocycles. The predicted molar refractivity (Wildman–Crippen MR) is 91.5 cm³/mol. The Kier molecular flexibility index (Phi) is 4.59. The fourth-order valence-corrected chi connectivity index (χ4v) is 3.26. The molecule has 2 unspecified atom stereocenters. The smallest absolute Gasteiger partial charge is 0.0342 e. The third-order valence-corrected chi connectivity index (χ3v) is 4.62. The van der Waals surface area contributed by atoms with Crippen molar-refractivity contribution in [2.45, 2.75) is 45.1 Å². The SMILES string of the molecule is CC1CCCC(Nc2ccc(-c3ccccc3)cc2)CC1. The minimum atomic E-state index is 0.650. The molecule has 0 spiro atoms. The molecule has 0 heterocycles. The standard InChI is InChI=1S/C20H25N/c1-16-6-5-9-19(13-10-16)21-20-14-11-18(12-15-20)17-7-3-2-4-8-17/h2-4,7-8,11-12,14-16,19,21H,5-6,9-10,13H2,1H3. The molecule has 1 N–H and O–H groups in total. The van der Waals surface area contributed by atoms with Gasteiger partial charge in [0, 0.05) is 11.7 Å². The van der Waals surface area contributed by atoms with Gasteiger partial charge in [0.2, 0.25) is 0 Å². The first-order valence-electron chi connectivity index (χ1n) is 8.23. The molecule has 3 rings (SSSR count). The Morgan fingerprint density at radius 2 is 1.48 bits per heavy atom. The van der Waals surface area contributed by atoms with Gasteiger partial charge in [-0.25, -0.2) is 0 Å². The van der Waals surface area contributed by atoms with E-state index >= 15 is 0 Å². The van der Waals surface area contributed by atoms with Crippen LogP contribution >= 0.6 is 0 Å². The molecule has 0 saturated heterocycles. The van der Waals surface area contributed by atoms with Gasteiger partial charge in [-0.3, -0.25) is 0 Å². The van der Waals surface area contributed by atoms with E-state index in [0.29, 0.717) is 6.04 Å². The van der Waals surface area contributed by atoms with Crippen LogP contribution in [0.15, 0.2) is 54.6 Å². The summed E-state index contributed by atoms with van der Waals surface area (Å²) < 4.78 is 0. The topological polar surface area (TPSA) is 12.0 Å². The van der Waals surface area contributed by atoms with Crippen LogP contribution in [-0.4, -0.2) is 6.04 Å². The number of hydrogen-bond acceptors (Lipinski definition) is 1. The molecule has 0 bridgehead atoms. The van der Waals surface area contributed by atoms with Gasteiger partial charge in [0.15, 0.2) is 0 Å². The van der Waals surface area contributed by atoms with E-state index in [0.717, 1.165) is 5.92 Å². The maximum absolute atomic E-state index is 3.72. The third kappa shape index (κ3) is 3.87. The van der Waals surface area contributed by atoms with E-state index in [2.05, 4.69) is 66.8 Å². The van der Waals surface area contributed by atoms with Gasteiger partial charge in [0.25, 0.3) is 0 Å². The maximum atomic E-state index is 3.72. The van der Waals surface area contributed by atoms with Crippen molar-refractivity contribution in [3.63, 3.8) is 0 Å². The van der Waals surface area contributed by atoms with E-state index < -0.39 is 0 Å². The highest BCUT2D eigenvalue weighted by Crippen LogP contribution is 2.26. The van der Waals surface area contributed by atoms with Crippen LogP contribution in [0.4, 0.5) is 5.69 Å². The minimum Gasteiger partial charge on any atom is -0.382 e. The van der Waals surface area contributed by atoms with Gasteiger partial charge >= 0.3 is 0 Å². The number of rotatable bonds is 3. The van der Waals surface area contributed by atoms with Crippen molar-refractivity contribution >= 4 is 5.69 Å². The molecule has 0 aliphatic heterocycles. The lowest BCUT2D eigenvalue weighted by Gasteiger charge is -2.18. The van der Waals surface area contributed by atoms with Gasteiger partial charge in [0.1, 0.15) is 0 Å². The summed E-state index contributed by atoms with van der Waals surface area (Å²) in [4.78, 5) is 0. The first kappa shape index (κ1) is 14.2. The van der Waals surface area contributed by atoms with Crippen molar-refractivity contribution in [3.05, 3.63) is 54.6 Å². The Morgan fingerprint density at radius 3 is 2.24 bits per heavy atom. The van der Waals surface area contributed by atoms with Crippen LogP contribution < -0.4 is 5.32 Å². The van der Waals surface area contributed by atoms with Gasteiger partial charge in [0.05, 0.1) is 0 Å². The summed E-state index contributed by atoms with van der Waals surface area (Å²) in [7, 11) is 0. The Bertz CT molecular complexity index is 544. The lowest BCUT2D eigenvalue weighted by molar-refractivity contribution is 0.502. The highest BCUT2D eigenvalue weighted by Gasteiger charge is 2.15. The van der Waals surface area contributed by atoms with Gasteiger partial charge in [-0.15, -0.1) is 0 Å². The molecule has 1 fully saturated rings. The van der Waals surface area contributed by atoms with Crippen molar-refractivity contribution < 1.29 is 0 Å². The molecule has 2 aromatic rings. The van der Waals surface area contributed by atoms with Crippen LogP contribution in [0.3, 0.4) is 0 Å². The first-order chi connectivity index (χ1) is 10.3. The highest BCUT2D eigenvalue weighted by atomic mass is 14.9. The largest absolute Gasteiger partial charge is 0.382 e. The summed E-state index contributed by atoms with van der Waals surface area (Å²) >= 11 is 0. The van der Waals surface area contributed by atoms with E-state index in [1.807, 2.05) is 0 Å². The van der Waals surface area contributed by atoms with Crippen molar-refractivity contribution in [2.75, 3.05) is 5.32 Å². The van der Waals surface area contributed by atoms with Crippen LogP contribution in [0.2, 0.25) is 0 Å². The third-order valence-electron chi connectivity index (χ3n) is 4.62. The quantitative estimate of drug-likeness (QED) is 0.707. The van der Waals surface area contributed by atoms with E-state index in [-0.39, 0.29) is 0 Å². The molecular weight excluding hydrogens is 254 g/mol. The number of anilines is 1. The molecule has 1 heteroatoms. The molecule has 0 amide bonds. The molecule has 1 aliphatic rings. The van der Waals surface area contributed by atoms with Crippen molar-refractivity contribution in [3.8, 4) is 11.1 Å². The molecule has 1 aliphatic carbocycles. The second-order valence-corrected chi connectivity index (χ2v) is 6.40. The Morgan fingerprint density at radius 1 is 0.762 bits per heavy atom. The van der Waals surface area contributed by atoms with Gasteiger partial charge < -0.3 is 5.32 Å². The normalized spacial score (nSPS) is 22.5. The summed E-state index contributed by atoms with van der Waals surface area (Å²) in [6.45, 7) is 2.39. The lowest BCUT2D eigenvalue weighted by Crippen LogP contribution is -2.18. The second kappa shape index (κ2) is 6.80. The van der Waals surface area contributed by atoms with Crippen LogP contribution in [0.25, 0.3) is 11.1 Å². The van der Waals surface area contributed by atoms with Crippen molar-refractivity contribution in [2.24, 2.45) is 5.92 Å². The molecule has 0 aromatic heterocycles. The summed E-state index contributed by atoms with van der Waals surface area (Å²) in [6, 6.07) is 20.1. The lowest BCUT2D eigenvalue weighted by atomic mass is 10.0. The summed E-state index contributed by atoms with van der Waals surface area (Å²) in [5.41, 5.74) is 3.83. The maximum Gasteiger partial charge on any atom is 0.0342 e. The van der Waals surface area contributed by atoms with Crippen LogP contribution in [-0.2, 0) is 0 Å². The first-order valence-corrected chi connectivity index (χ1v) is 8.23. The van der Waals surface area contributed by atoms with Crippen molar-refractivity contribution in [1.82, 2.24) is 0 Å². The van der Waals surface area contributed by atoms with E-state index in [4.69, 9.17) is 0 Å². The summed E-state index contributed by atoms with van der Waals surface area (Å²) in [5.74, 6) is 0.900. The van der Waals surface area contributed by atoms with Gasteiger partial charge in [-0.05, 0) is 48.4 Å². The van der Waals surface area contributed by atoms with Crippen LogP contribution in [0.5, 0.6) is 0 Å². The molecule has 0 radical (unpaired) electrons. The van der Waals surface area contributed by atoms with E-state index in [9.17, 15) is 0 Å². The Labute approximate surface area is 128 Å². The van der Waals surface area contributed by atoms with Crippen molar-refractivity contribution in [1.29, 1.82) is 0 Å². The average molecular weight is 279 g/mol. The van der Waals surface area contributed by atoms with Gasteiger partial charge in [-0.1, -0.05) is 62.2 Å². The molecule has 1 saturated carbocycles. The van der Waals surface area contributed by atoms with E-state index in [1.165, 1.54) is 48.9 Å². The van der Waals surface area contributed by atoms with Gasteiger partial charge in [-0.2, -0.15) is 0 Å². The van der Waals surface area contributed by atoms with E-state index in [1.54, 1.807) is 0 Å². The molecule has 110 valence electrons. The molecule has 2 atom stereocenters. The van der Waals surface area contributed by atoms with Crippen LogP contribution in [0, 0.1) is 5.92 Å². The Balaban J connectivity index is 1.64. The second-order valence-electron chi connectivity index (χ2n) is 6.40. The minimum absolute atomic E-state index is 0.650. The molecule has 1 nitrogen and oxygen atoms in total. The number of nitrogens with one attached hydrogen (secondary N) is 1. The van der Waals surface area contributed by atoms with Crippen LogP contribution in [0.1, 0.15) is 39.0 Å². The zero-order valence-corrected chi connectivity index (χ0v) is 12.9. The number of benzene rings is 2. The monoisotopic (exact) mass is 279 g/mol. The fourth-order valence-electron chi connectivity index (χ4n) is 3.26. The predicted octanol–water partition coefficient (Wildman–Crippen LogP) is 5.73. The Hall–Kier alpha value is -1.76. The zero-order chi connectivity index (χ0) is 14.5. The fraction of sp³-hybridized carbons (Fsp3) is 0.400. The molecular formula is C20H25N. The molecule has 21 heavy (non-hydrogen) atoms. The summed E-state index contributed by atoms with van der Waals surface area (Å²) in [6.07, 6.45) is 6.73. The average Bonchev–Trinajstić information content (AvgIpc) is 2.74. The highest BCUT2D eigenvalue weighted by molar-refractivity contribution is 5.65. The summed E-state index contributed by atoms with van der Waals surface area (Å²) in [5, 5.41) is 3.72. The zero-order valence-electron chi connectivity index (χ0n) is 12.9. The number of hydrogen-bond donors (Lipinski definition) is 1.